The fourth-order valence-corrected chi connectivity index (χ4v) is 5.27. The van der Waals surface area contributed by atoms with Gasteiger partial charge in [0.25, 0.3) is 5.89 Å². The fraction of sp³-hybridized carbons (Fsp3) is 0.536. The molecule has 0 bridgehead atoms. The van der Waals surface area contributed by atoms with Crippen molar-refractivity contribution >= 4 is 17.2 Å². The highest BCUT2D eigenvalue weighted by molar-refractivity contribution is 7.15. The second-order valence-corrected chi connectivity index (χ2v) is 10.6. The molecule has 0 aliphatic carbocycles. The van der Waals surface area contributed by atoms with E-state index in [1.165, 1.54) is 23.3 Å². The molecule has 3 aromatic rings. The molecule has 208 valence electrons. The number of thiophene rings is 1. The fourth-order valence-electron chi connectivity index (χ4n) is 4.13. The summed E-state index contributed by atoms with van der Waals surface area (Å²) in [6.45, 7) is 13.0. The highest BCUT2D eigenvalue weighted by Gasteiger charge is 2.19. The van der Waals surface area contributed by atoms with Gasteiger partial charge in [-0.25, -0.2) is 0 Å². The summed E-state index contributed by atoms with van der Waals surface area (Å²) in [7, 11) is 0. The van der Waals surface area contributed by atoms with Gasteiger partial charge in [0.05, 0.1) is 4.88 Å². The number of aromatic nitrogens is 2. The molecule has 0 aliphatic heterocycles. The van der Waals surface area contributed by atoms with Crippen molar-refractivity contribution in [3.8, 4) is 27.9 Å². The summed E-state index contributed by atoms with van der Waals surface area (Å²) < 4.78 is 11.6. The van der Waals surface area contributed by atoms with Crippen LogP contribution in [0.2, 0.25) is 0 Å². The van der Waals surface area contributed by atoms with E-state index < -0.39 is 18.6 Å². The summed E-state index contributed by atoms with van der Waals surface area (Å²) in [6.07, 6.45) is 2.20. The van der Waals surface area contributed by atoms with E-state index in [1.54, 1.807) is 11.3 Å². The van der Waals surface area contributed by atoms with Gasteiger partial charge < -0.3 is 24.8 Å². The molecule has 0 aliphatic rings. The van der Waals surface area contributed by atoms with E-state index >= 15 is 0 Å². The number of aryl methyl sites for hydroxylation is 3. The van der Waals surface area contributed by atoms with Crippen LogP contribution in [0, 0.1) is 13.8 Å². The van der Waals surface area contributed by atoms with Crippen molar-refractivity contribution < 1.29 is 24.3 Å². The Hall–Kier alpha value is -2.79. The predicted molar refractivity (Wildman–Crippen MR) is 149 cm³/mol. The van der Waals surface area contributed by atoms with Crippen LogP contribution in [-0.4, -0.2) is 70.1 Å². The minimum atomic E-state index is -0.899. The van der Waals surface area contributed by atoms with Gasteiger partial charge in [-0.2, -0.15) is 4.98 Å². The van der Waals surface area contributed by atoms with Gasteiger partial charge in [0.2, 0.25) is 11.7 Å². The molecule has 0 radical (unpaired) electrons. The number of nitrogens with one attached hydrogen (secondary N) is 1. The first-order valence-electron chi connectivity index (χ1n) is 13.3. The number of amides is 1. The van der Waals surface area contributed by atoms with E-state index in [-0.39, 0.29) is 13.2 Å². The first kappa shape index (κ1) is 29.8. The Balaban J connectivity index is 1.73. The summed E-state index contributed by atoms with van der Waals surface area (Å²) in [5, 5.41) is 25.6. The van der Waals surface area contributed by atoms with Gasteiger partial charge in [0.15, 0.2) is 0 Å². The molecule has 1 aromatic carbocycles. The van der Waals surface area contributed by atoms with E-state index in [2.05, 4.69) is 42.2 Å². The molecule has 38 heavy (non-hydrogen) atoms. The molecular weight excluding hydrogens is 504 g/mol. The highest BCUT2D eigenvalue weighted by atomic mass is 32.1. The third-order valence-corrected chi connectivity index (χ3v) is 7.60. The van der Waals surface area contributed by atoms with Crippen LogP contribution in [0.5, 0.6) is 5.75 Å². The number of benzene rings is 1. The quantitative estimate of drug-likeness (QED) is 0.261. The minimum Gasteiger partial charge on any atom is -0.490 e. The third-order valence-electron chi connectivity index (χ3n) is 6.39. The lowest BCUT2D eigenvalue weighted by Gasteiger charge is -2.19. The number of nitrogens with zero attached hydrogens (tertiary/aromatic N) is 3. The molecule has 1 unspecified atom stereocenters. The van der Waals surface area contributed by atoms with Crippen molar-refractivity contribution in [2.24, 2.45) is 0 Å². The monoisotopic (exact) mass is 544 g/mol. The molecule has 3 rings (SSSR count). The minimum absolute atomic E-state index is 0.00272. The van der Waals surface area contributed by atoms with Crippen LogP contribution in [0.15, 0.2) is 22.7 Å². The molecular formula is C28H40N4O5S. The van der Waals surface area contributed by atoms with Gasteiger partial charge in [-0.3, -0.25) is 9.69 Å². The van der Waals surface area contributed by atoms with Crippen molar-refractivity contribution in [3.63, 3.8) is 0 Å². The number of ether oxygens (including phenoxy) is 1. The molecule has 3 N–H and O–H groups in total. The van der Waals surface area contributed by atoms with E-state index in [1.807, 2.05) is 26.0 Å². The van der Waals surface area contributed by atoms with Crippen LogP contribution < -0.4 is 10.1 Å². The van der Waals surface area contributed by atoms with Gasteiger partial charge in [0.1, 0.15) is 25.1 Å². The lowest BCUT2D eigenvalue weighted by molar-refractivity contribution is -0.124. The normalized spacial score (nSPS) is 12.2. The zero-order valence-corrected chi connectivity index (χ0v) is 23.9. The topological polar surface area (TPSA) is 121 Å². The average molecular weight is 545 g/mol. The van der Waals surface area contributed by atoms with Gasteiger partial charge in [-0.15, -0.1) is 11.3 Å². The number of carbonyl (C=O) groups excluding carboxylic acids is 1. The predicted octanol–water partition coefficient (Wildman–Crippen LogP) is 4.11. The second-order valence-electron chi connectivity index (χ2n) is 9.42. The molecule has 0 saturated carbocycles. The maximum Gasteiger partial charge on any atom is 0.268 e. The Kier molecular flexibility index (Phi) is 11.3. The van der Waals surface area contributed by atoms with Gasteiger partial charge >= 0.3 is 0 Å². The van der Waals surface area contributed by atoms with Crippen LogP contribution in [-0.2, 0) is 17.8 Å². The number of carbonyl (C=O) groups is 1. The summed E-state index contributed by atoms with van der Waals surface area (Å²) in [5.41, 5.74) is 3.92. The van der Waals surface area contributed by atoms with Crippen LogP contribution >= 0.6 is 11.3 Å². The van der Waals surface area contributed by atoms with E-state index in [9.17, 15) is 9.90 Å². The van der Waals surface area contributed by atoms with E-state index in [0.717, 1.165) is 41.2 Å². The first-order valence-corrected chi connectivity index (χ1v) is 14.1. The van der Waals surface area contributed by atoms with Gasteiger partial charge in [-0.05, 0) is 74.7 Å². The Morgan fingerprint density at radius 2 is 2.00 bits per heavy atom. The standard InChI is InChI=1S/C28H40N4O5S/c1-6-9-10-32(8-3)15-24-18(4)12-23(38-24)28-30-27(31-37-28)21-11-19(5)26(20(7-2)13-21)36-17-22(34)14-29-25(35)16-33/h11-13,22,33-34H,6-10,14-17H2,1-5H3,(H,29,35). The highest BCUT2D eigenvalue weighted by Crippen LogP contribution is 2.34. The van der Waals surface area contributed by atoms with Crippen LogP contribution in [0.25, 0.3) is 22.2 Å². The Labute approximate surface area is 228 Å². The molecule has 10 heteroatoms. The molecule has 0 spiro atoms. The van der Waals surface area contributed by atoms with Crippen LogP contribution in [0.3, 0.4) is 0 Å². The Morgan fingerprint density at radius 1 is 1.21 bits per heavy atom. The lowest BCUT2D eigenvalue weighted by Crippen LogP contribution is -2.36. The van der Waals surface area contributed by atoms with Crippen molar-refractivity contribution in [1.82, 2.24) is 20.4 Å². The number of hydrogen-bond donors (Lipinski definition) is 3. The summed E-state index contributed by atoms with van der Waals surface area (Å²) in [4.78, 5) is 20.6. The van der Waals surface area contributed by atoms with Crippen molar-refractivity contribution in [3.05, 3.63) is 39.8 Å². The van der Waals surface area contributed by atoms with Crippen molar-refractivity contribution in [2.45, 2.75) is 66.5 Å². The molecule has 1 amide bonds. The molecule has 9 nitrogen and oxygen atoms in total. The van der Waals surface area contributed by atoms with Crippen molar-refractivity contribution in [2.75, 3.05) is 32.8 Å². The van der Waals surface area contributed by atoms with Gasteiger partial charge in [-0.1, -0.05) is 32.3 Å². The number of aliphatic hydroxyl groups is 2. The van der Waals surface area contributed by atoms with E-state index in [4.69, 9.17) is 19.4 Å². The maximum absolute atomic E-state index is 11.2. The second kappa shape index (κ2) is 14.4. The molecule has 0 saturated heterocycles. The van der Waals surface area contributed by atoms with Crippen molar-refractivity contribution in [1.29, 1.82) is 0 Å². The summed E-state index contributed by atoms with van der Waals surface area (Å²) >= 11 is 1.71. The first-order chi connectivity index (χ1) is 18.3. The van der Waals surface area contributed by atoms with Gasteiger partial charge in [0, 0.05) is 23.5 Å². The number of aliphatic hydroxyl groups excluding tert-OH is 2. The molecule has 1 atom stereocenters. The number of unbranched alkanes of at least 4 members (excludes halogenated alkanes) is 1. The Bertz CT molecular complexity index is 1190. The van der Waals surface area contributed by atoms with E-state index in [0.29, 0.717) is 23.9 Å². The maximum atomic E-state index is 11.2. The third kappa shape index (κ3) is 7.86. The number of hydrogen-bond acceptors (Lipinski definition) is 9. The Morgan fingerprint density at radius 3 is 2.68 bits per heavy atom. The van der Waals surface area contributed by atoms with Crippen LogP contribution in [0.4, 0.5) is 0 Å². The zero-order valence-electron chi connectivity index (χ0n) is 23.0. The largest absolute Gasteiger partial charge is 0.490 e. The average Bonchev–Trinajstić information content (AvgIpc) is 3.55. The summed E-state index contributed by atoms with van der Waals surface area (Å²) in [5.74, 6) is 1.18. The zero-order chi connectivity index (χ0) is 27.7. The summed E-state index contributed by atoms with van der Waals surface area (Å²) in [6, 6.07) is 6.05. The molecule has 2 heterocycles. The van der Waals surface area contributed by atoms with Crippen LogP contribution in [0.1, 0.15) is 55.2 Å². The molecule has 0 fully saturated rings. The molecule has 2 aromatic heterocycles. The lowest BCUT2D eigenvalue weighted by atomic mass is 10.0. The smallest absolute Gasteiger partial charge is 0.268 e. The number of rotatable bonds is 15. The SMILES string of the molecule is CCCCN(CC)Cc1sc(-c2nc(-c3cc(C)c(OCC(O)CNC(=O)CO)c(CC)c3)no2)cc1C.